The third kappa shape index (κ3) is 2.83. The summed E-state index contributed by atoms with van der Waals surface area (Å²) in [5.74, 6) is 0. The quantitative estimate of drug-likeness (QED) is 0.397. The Morgan fingerprint density at radius 1 is 0.640 bits per heavy atom. The highest BCUT2D eigenvalue weighted by molar-refractivity contribution is 5.86. The summed E-state index contributed by atoms with van der Waals surface area (Å²) < 4.78 is 0. The maximum absolute atomic E-state index is 10.9. The van der Waals surface area contributed by atoms with Gasteiger partial charge in [-0.3, -0.25) is 10.1 Å². The van der Waals surface area contributed by atoms with Gasteiger partial charge in [0.1, 0.15) is 0 Å². The number of aromatic nitrogens is 2. The summed E-state index contributed by atoms with van der Waals surface area (Å²) in [6.45, 7) is 0. The first kappa shape index (κ1) is 15.0. The molecule has 0 saturated heterocycles. The minimum atomic E-state index is -0.409. The van der Waals surface area contributed by atoms with E-state index in [0.29, 0.717) is 5.69 Å². The Labute approximate surface area is 143 Å². The number of nitro groups is 1. The van der Waals surface area contributed by atoms with Gasteiger partial charge in [-0.25, -0.2) is 9.97 Å². The molecule has 0 aliphatic rings. The highest BCUT2D eigenvalue weighted by Crippen LogP contribution is 2.31. The Hall–Kier alpha value is -3.60. The van der Waals surface area contributed by atoms with E-state index in [4.69, 9.17) is 9.97 Å². The average molecular weight is 327 g/mol. The highest BCUT2D eigenvalue weighted by atomic mass is 16.6. The second-order valence-electron chi connectivity index (χ2n) is 5.58. The summed E-state index contributed by atoms with van der Waals surface area (Å²) in [6.07, 6.45) is 0. The first-order valence-corrected chi connectivity index (χ1v) is 7.79. The molecule has 0 fully saturated rings. The zero-order valence-electron chi connectivity index (χ0n) is 13.2. The molecule has 3 aromatic carbocycles. The van der Waals surface area contributed by atoms with E-state index in [9.17, 15) is 10.1 Å². The summed E-state index contributed by atoms with van der Waals surface area (Å²) in [4.78, 5) is 20.0. The first-order chi connectivity index (χ1) is 12.2. The van der Waals surface area contributed by atoms with Crippen molar-refractivity contribution in [2.24, 2.45) is 0 Å². The molecule has 5 nitrogen and oxygen atoms in total. The number of fused-ring (bicyclic) bond motifs is 1. The molecule has 25 heavy (non-hydrogen) atoms. The van der Waals surface area contributed by atoms with Crippen LogP contribution in [0.25, 0.3) is 33.5 Å². The molecule has 0 atom stereocenters. The van der Waals surface area contributed by atoms with Crippen molar-refractivity contribution in [3.63, 3.8) is 0 Å². The van der Waals surface area contributed by atoms with E-state index >= 15 is 0 Å². The number of nitro benzene ring substituents is 1. The predicted molar refractivity (Wildman–Crippen MR) is 97.1 cm³/mol. The van der Waals surface area contributed by atoms with Crippen LogP contribution in [-0.4, -0.2) is 14.9 Å². The Morgan fingerprint density at radius 2 is 1.12 bits per heavy atom. The van der Waals surface area contributed by atoms with Crippen molar-refractivity contribution >= 4 is 16.7 Å². The molecular formula is C20H13N3O2. The van der Waals surface area contributed by atoms with E-state index in [1.807, 2.05) is 54.6 Å². The van der Waals surface area contributed by atoms with Gasteiger partial charge in [0, 0.05) is 23.3 Å². The van der Waals surface area contributed by atoms with Crippen molar-refractivity contribution in [3.05, 3.63) is 89.0 Å². The second-order valence-corrected chi connectivity index (χ2v) is 5.58. The zero-order chi connectivity index (χ0) is 17.2. The summed E-state index contributed by atoms with van der Waals surface area (Å²) in [7, 11) is 0. The fourth-order valence-corrected chi connectivity index (χ4v) is 2.74. The van der Waals surface area contributed by atoms with E-state index in [1.54, 1.807) is 12.1 Å². The molecule has 0 amide bonds. The molecule has 0 aliphatic carbocycles. The van der Waals surface area contributed by atoms with Crippen LogP contribution in [0.4, 0.5) is 5.69 Å². The molecular weight excluding hydrogens is 314 g/mol. The molecule has 1 heterocycles. The third-order valence-electron chi connectivity index (χ3n) is 3.97. The van der Waals surface area contributed by atoms with Gasteiger partial charge in [-0.05, 0) is 24.3 Å². The van der Waals surface area contributed by atoms with Crippen molar-refractivity contribution in [2.45, 2.75) is 0 Å². The number of rotatable bonds is 3. The van der Waals surface area contributed by atoms with Gasteiger partial charge in [0.15, 0.2) is 0 Å². The number of nitrogens with zero attached hydrogens (tertiary/aromatic N) is 3. The topological polar surface area (TPSA) is 68.9 Å². The van der Waals surface area contributed by atoms with Crippen LogP contribution in [0.3, 0.4) is 0 Å². The lowest BCUT2D eigenvalue weighted by Crippen LogP contribution is -1.95. The number of benzene rings is 3. The summed E-state index contributed by atoms with van der Waals surface area (Å²) in [6, 6.07) is 23.9. The Morgan fingerprint density at radius 3 is 1.64 bits per heavy atom. The van der Waals surface area contributed by atoms with Crippen molar-refractivity contribution < 1.29 is 4.92 Å². The molecule has 5 heteroatoms. The minimum Gasteiger partial charge on any atom is -0.258 e. The minimum absolute atomic E-state index is 0.0544. The molecule has 0 aliphatic heterocycles. The van der Waals surface area contributed by atoms with Crippen LogP contribution < -0.4 is 0 Å². The van der Waals surface area contributed by atoms with Crippen LogP contribution >= 0.6 is 0 Å². The van der Waals surface area contributed by atoms with Gasteiger partial charge in [0.2, 0.25) is 0 Å². The standard InChI is InChI=1S/C20H13N3O2/c24-23(25)16-12-10-15(11-13-16)20-19(14-6-2-1-3-7-14)21-17-8-4-5-9-18(17)22-20/h1-13H. The van der Waals surface area contributed by atoms with Gasteiger partial charge in [0.05, 0.1) is 27.3 Å². The number of non-ortho nitro benzene ring substituents is 1. The van der Waals surface area contributed by atoms with Crippen molar-refractivity contribution in [2.75, 3.05) is 0 Å². The zero-order valence-corrected chi connectivity index (χ0v) is 13.2. The molecule has 120 valence electrons. The van der Waals surface area contributed by atoms with E-state index in [-0.39, 0.29) is 5.69 Å². The van der Waals surface area contributed by atoms with Crippen molar-refractivity contribution in [1.29, 1.82) is 0 Å². The molecule has 1 aromatic heterocycles. The summed E-state index contributed by atoms with van der Waals surface area (Å²) in [5, 5.41) is 10.9. The predicted octanol–water partition coefficient (Wildman–Crippen LogP) is 4.87. The maximum atomic E-state index is 10.9. The van der Waals surface area contributed by atoms with Crippen molar-refractivity contribution in [1.82, 2.24) is 9.97 Å². The summed E-state index contributed by atoms with van der Waals surface area (Å²) in [5.41, 5.74) is 4.87. The van der Waals surface area contributed by atoms with E-state index in [0.717, 1.165) is 27.9 Å². The largest absolute Gasteiger partial charge is 0.269 e. The van der Waals surface area contributed by atoms with Gasteiger partial charge in [-0.1, -0.05) is 42.5 Å². The molecule has 0 bridgehead atoms. The molecule has 4 rings (SSSR count). The lowest BCUT2D eigenvalue weighted by Gasteiger charge is -2.10. The average Bonchev–Trinajstić information content (AvgIpc) is 2.68. The van der Waals surface area contributed by atoms with E-state index in [2.05, 4.69) is 0 Å². The Kier molecular flexibility index (Phi) is 3.67. The first-order valence-electron chi connectivity index (χ1n) is 7.79. The number of para-hydroxylation sites is 2. The van der Waals surface area contributed by atoms with Crippen LogP contribution in [0.15, 0.2) is 78.9 Å². The van der Waals surface area contributed by atoms with Crippen LogP contribution in [-0.2, 0) is 0 Å². The SMILES string of the molecule is O=[N+]([O-])c1ccc(-c2nc3ccccc3nc2-c2ccccc2)cc1. The smallest absolute Gasteiger partial charge is 0.258 e. The molecule has 0 N–H and O–H groups in total. The van der Waals surface area contributed by atoms with Gasteiger partial charge >= 0.3 is 0 Å². The van der Waals surface area contributed by atoms with Gasteiger partial charge in [-0.2, -0.15) is 0 Å². The van der Waals surface area contributed by atoms with Crippen LogP contribution in [0.5, 0.6) is 0 Å². The maximum Gasteiger partial charge on any atom is 0.269 e. The Balaban J connectivity index is 1.96. The molecule has 4 aromatic rings. The van der Waals surface area contributed by atoms with Crippen LogP contribution in [0, 0.1) is 10.1 Å². The van der Waals surface area contributed by atoms with Gasteiger partial charge < -0.3 is 0 Å². The molecule has 0 spiro atoms. The lowest BCUT2D eigenvalue weighted by molar-refractivity contribution is -0.384. The number of hydrogen-bond acceptors (Lipinski definition) is 4. The van der Waals surface area contributed by atoms with E-state index in [1.165, 1.54) is 12.1 Å². The monoisotopic (exact) mass is 327 g/mol. The van der Waals surface area contributed by atoms with Crippen molar-refractivity contribution in [3.8, 4) is 22.5 Å². The molecule has 0 saturated carbocycles. The second kappa shape index (κ2) is 6.13. The van der Waals surface area contributed by atoms with E-state index < -0.39 is 4.92 Å². The number of hydrogen-bond donors (Lipinski definition) is 0. The lowest BCUT2D eigenvalue weighted by atomic mass is 10.0. The molecule has 0 unspecified atom stereocenters. The fraction of sp³-hybridized carbons (Fsp3) is 0. The highest BCUT2D eigenvalue weighted by Gasteiger charge is 2.14. The van der Waals surface area contributed by atoms with Crippen LogP contribution in [0.2, 0.25) is 0 Å². The summed E-state index contributed by atoms with van der Waals surface area (Å²) >= 11 is 0. The normalized spacial score (nSPS) is 10.7. The van der Waals surface area contributed by atoms with Gasteiger partial charge in [0.25, 0.3) is 5.69 Å². The fourth-order valence-electron chi connectivity index (χ4n) is 2.74. The van der Waals surface area contributed by atoms with Gasteiger partial charge in [-0.15, -0.1) is 0 Å². The Bertz CT molecular complexity index is 1060. The van der Waals surface area contributed by atoms with Crippen LogP contribution in [0.1, 0.15) is 0 Å². The molecule has 0 radical (unpaired) electrons. The third-order valence-corrected chi connectivity index (χ3v) is 3.97.